The molecule has 0 aliphatic rings. The SMILES string of the molecule is C=CC(=O)Oc1c(OCCCCCCCC)ccc(C(=O)c2ccccc2)c1CC. The standard InChI is InChI=1S/C26H32O4/c1-4-7-8-9-10-14-19-29-23-18-17-22(25(28)20-15-12-11-13-16-20)21(5-2)26(23)30-24(27)6-3/h6,11-13,15-18H,3-5,7-10,14,19H2,1-2H3. The second-order valence-corrected chi connectivity index (χ2v) is 7.21. The van der Waals surface area contributed by atoms with Crippen molar-refractivity contribution in [3.05, 3.63) is 71.8 Å². The van der Waals surface area contributed by atoms with Crippen molar-refractivity contribution in [2.45, 2.75) is 58.8 Å². The van der Waals surface area contributed by atoms with Gasteiger partial charge in [0.25, 0.3) is 0 Å². The maximum Gasteiger partial charge on any atom is 0.335 e. The van der Waals surface area contributed by atoms with E-state index in [4.69, 9.17) is 9.47 Å². The third kappa shape index (κ3) is 6.58. The molecule has 30 heavy (non-hydrogen) atoms. The lowest BCUT2D eigenvalue weighted by atomic mass is 9.95. The molecule has 0 amide bonds. The van der Waals surface area contributed by atoms with Gasteiger partial charge in [-0.2, -0.15) is 0 Å². The fraction of sp³-hybridized carbons (Fsp3) is 0.385. The fourth-order valence-corrected chi connectivity index (χ4v) is 3.35. The molecule has 0 spiro atoms. The molecule has 0 unspecified atom stereocenters. The summed E-state index contributed by atoms with van der Waals surface area (Å²) in [5, 5.41) is 0. The maximum atomic E-state index is 13.0. The predicted molar refractivity (Wildman–Crippen MR) is 120 cm³/mol. The molecule has 160 valence electrons. The summed E-state index contributed by atoms with van der Waals surface area (Å²) >= 11 is 0. The molecule has 0 aliphatic carbocycles. The van der Waals surface area contributed by atoms with Crippen molar-refractivity contribution in [2.75, 3.05) is 6.61 Å². The number of unbranched alkanes of at least 4 members (excludes halogenated alkanes) is 5. The van der Waals surface area contributed by atoms with Crippen molar-refractivity contribution in [3.63, 3.8) is 0 Å². The van der Waals surface area contributed by atoms with E-state index in [-0.39, 0.29) is 5.78 Å². The summed E-state index contributed by atoms with van der Waals surface area (Å²) in [6.45, 7) is 8.15. The second-order valence-electron chi connectivity index (χ2n) is 7.21. The number of rotatable bonds is 13. The molecule has 0 heterocycles. The van der Waals surface area contributed by atoms with Crippen LogP contribution in [0.2, 0.25) is 0 Å². The van der Waals surface area contributed by atoms with Crippen LogP contribution in [-0.4, -0.2) is 18.4 Å². The Labute approximate surface area is 179 Å². The molecule has 4 heteroatoms. The van der Waals surface area contributed by atoms with Crippen LogP contribution in [0.1, 0.15) is 73.9 Å². The molecule has 0 radical (unpaired) electrons. The Morgan fingerprint density at radius 2 is 1.63 bits per heavy atom. The minimum Gasteiger partial charge on any atom is -0.490 e. The molecule has 0 aliphatic heterocycles. The number of ether oxygens (including phenoxy) is 2. The molecule has 4 nitrogen and oxygen atoms in total. The molecule has 0 atom stereocenters. The van der Waals surface area contributed by atoms with Crippen LogP contribution in [0.4, 0.5) is 0 Å². The first kappa shape index (κ1) is 23.4. The van der Waals surface area contributed by atoms with Crippen LogP contribution in [0.25, 0.3) is 0 Å². The Morgan fingerprint density at radius 3 is 2.30 bits per heavy atom. The highest BCUT2D eigenvalue weighted by Crippen LogP contribution is 2.36. The van der Waals surface area contributed by atoms with Crippen molar-refractivity contribution in [1.29, 1.82) is 0 Å². The van der Waals surface area contributed by atoms with Crippen molar-refractivity contribution < 1.29 is 19.1 Å². The fourth-order valence-electron chi connectivity index (χ4n) is 3.35. The summed E-state index contributed by atoms with van der Waals surface area (Å²) in [4.78, 5) is 25.0. The van der Waals surface area contributed by atoms with E-state index in [1.807, 2.05) is 25.1 Å². The quantitative estimate of drug-likeness (QED) is 0.128. The van der Waals surface area contributed by atoms with E-state index in [1.165, 1.54) is 25.7 Å². The van der Waals surface area contributed by atoms with Gasteiger partial charge in [-0.05, 0) is 25.0 Å². The van der Waals surface area contributed by atoms with E-state index in [2.05, 4.69) is 13.5 Å². The minimum absolute atomic E-state index is 0.106. The maximum absolute atomic E-state index is 13.0. The molecule has 0 saturated heterocycles. The first-order chi connectivity index (χ1) is 14.6. The highest BCUT2D eigenvalue weighted by Gasteiger charge is 2.21. The number of hydrogen-bond acceptors (Lipinski definition) is 4. The molecule has 0 fully saturated rings. The van der Waals surface area contributed by atoms with E-state index >= 15 is 0 Å². The Balaban J connectivity index is 2.23. The highest BCUT2D eigenvalue weighted by molar-refractivity contribution is 6.10. The first-order valence-electron chi connectivity index (χ1n) is 10.8. The van der Waals surface area contributed by atoms with E-state index in [0.29, 0.717) is 41.2 Å². The van der Waals surface area contributed by atoms with Crippen LogP contribution in [0.15, 0.2) is 55.1 Å². The van der Waals surface area contributed by atoms with Crippen molar-refractivity contribution in [1.82, 2.24) is 0 Å². The summed E-state index contributed by atoms with van der Waals surface area (Å²) in [5.41, 5.74) is 1.77. The summed E-state index contributed by atoms with van der Waals surface area (Å²) in [5.74, 6) is 0.125. The van der Waals surface area contributed by atoms with Crippen LogP contribution in [-0.2, 0) is 11.2 Å². The largest absolute Gasteiger partial charge is 0.490 e. The summed E-state index contributed by atoms with van der Waals surface area (Å²) in [6, 6.07) is 12.6. The van der Waals surface area contributed by atoms with Crippen LogP contribution < -0.4 is 9.47 Å². The smallest absolute Gasteiger partial charge is 0.335 e. The zero-order valence-corrected chi connectivity index (χ0v) is 18.1. The molecular formula is C26H32O4. The molecule has 0 bridgehead atoms. The van der Waals surface area contributed by atoms with Gasteiger partial charge in [-0.25, -0.2) is 4.79 Å². The van der Waals surface area contributed by atoms with Gasteiger partial charge < -0.3 is 9.47 Å². The van der Waals surface area contributed by atoms with Gasteiger partial charge in [-0.1, -0.05) is 82.9 Å². The lowest BCUT2D eigenvalue weighted by molar-refractivity contribution is -0.129. The van der Waals surface area contributed by atoms with E-state index in [0.717, 1.165) is 18.9 Å². The van der Waals surface area contributed by atoms with Crippen molar-refractivity contribution >= 4 is 11.8 Å². The van der Waals surface area contributed by atoms with Gasteiger partial charge in [0.1, 0.15) is 0 Å². The van der Waals surface area contributed by atoms with E-state index in [1.54, 1.807) is 24.3 Å². The number of hydrogen-bond donors (Lipinski definition) is 0. The molecule has 0 N–H and O–H groups in total. The van der Waals surface area contributed by atoms with Gasteiger partial charge in [0.2, 0.25) is 0 Å². The average Bonchev–Trinajstić information content (AvgIpc) is 2.78. The van der Waals surface area contributed by atoms with Gasteiger partial charge in [0.05, 0.1) is 6.61 Å². The van der Waals surface area contributed by atoms with E-state index in [9.17, 15) is 9.59 Å². The highest BCUT2D eigenvalue weighted by atomic mass is 16.6. The lowest BCUT2D eigenvalue weighted by Gasteiger charge is -2.17. The summed E-state index contributed by atoms with van der Waals surface area (Å²) < 4.78 is 11.5. The number of benzene rings is 2. The van der Waals surface area contributed by atoms with Crippen LogP contribution in [0.5, 0.6) is 11.5 Å². The lowest BCUT2D eigenvalue weighted by Crippen LogP contribution is -2.12. The van der Waals surface area contributed by atoms with Gasteiger partial charge in [-0.3, -0.25) is 4.79 Å². The van der Waals surface area contributed by atoms with Crippen LogP contribution >= 0.6 is 0 Å². The number of carbonyl (C=O) groups excluding carboxylic acids is 2. The molecular weight excluding hydrogens is 376 g/mol. The Kier molecular flexibility index (Phi) is 9.85. The zero-order chi connectivity index (χ0) is 21.8. The van der Waals surface area contributed by atoms with Crippen LogP contribution in [0.3, 0.4) is 0 Å². The number of esters is 1. The number of ketones is 1. The Morgan fingerprint density at radius 1 is 0.933 bits per heavy atom. The van der Waals surface area contributed by atoms with Crippen molar-refractivity contribution in [3.8, 4) is 11.5 Å². The minimum atomic E-state index is -0.571. The third-order valence-corrected chi connectivity index (χ3v) is 4.98. The monoisotopic (exact) mass is 408 g/mol. The van der Waals surface area contributed by atoms with E-state index < -0.39 is 5.97 Å². The summed E-state index contributed by atoms with van der Waals surface area (Å²) in [6.07, 6.45) is 8.61. The number of carbonyl (C=O) groups is 2. The zero-order valence-electron chi connectivity index (χ0n) is 18.1. The molecule has 2 rings (SSSR count). The van der Waals surface area contributed by atoms with Crippen LogP contribution in [0, 0.1) is 0 Å². The second kappa shape index (κ2) is 12.6. The van der Waals surface area contributed by atoms with Gasteiger partial charge in [0, 0.05) is 22.8 Å². The van der Waals surface area contributed by atoms with Crippen molar-refractivity contribution in [2.24, 2.45) is 0 Å². The molecule has 2 aromatic carbocycles. The third-order valence-electron chi connectivity index (χ3n) is 4.98. The topological polar surface area (TPSA) is 52.6 Å². The van der Waals surface area contributed by atoms with Gasteiger partial charge >= 0.3 is 5.97 Å². The normalized spacial score (nSPS) is 10.5. The predicted octanol–water partition coefficient (Wildman–Crippen LogP) is 6.31. The molecule has 2 aromatic rings. The Bertz CT molecular complexity index is 840. The van der Waals surface area contributed by atoms with Gasteiger partial charge in [-0.15, -0.1) is 0 Å². The first-order valence-corrected chi connectivity index (χ1v) is 10.8. The molecule has 0 aromatic heterocycles. The summed E-state index contributed by atoms with van der Waals surface area (Å²) in [7, 11) is 0. The Hall–Kier alpha value is -2.88. The van der Waals surface area contributed by atoms with Gasteiger partial charge in [0.15, 0.2) is 17.3 Å². The molecule has 0 saturated carbocycles. The average molecular weight is 409 g/mol.